The number of rotatable bonds is 3. The minimum Gasteiger partial charge on any atom is -0.505 e. The second kappa shape index (κ2) is 6.11. The van der Waals surface area contributed by atoms with E-state index in [0.29, 0.717) is 26.2 Å². The van der Waals surface area contributed by atoms with Crippen molar-refractivity contribution in [3.63, 3.8) is 0 Å². The summed E-state index contributed by atoms with van der Waals surface area (Å²) in [5, 5.41) is 21.8. The summed E-state index contributed by atoms with van der Waals surface area (Å²) in [5.74, 6) is -1.87. The first-order chi connectivity index (χ1) is 9.56. The van der Waals surface area contributed by atoms with E-state index in [9.17, 15) is 18.3 Å². The highest BCUT2D eigenvalue weighted by Crippen LogP contribution is 2.37. The molecule has 0 unspecified atom stereocenters. The Balaban J connectivity index is 2.49. The van der Waals surface area contributed by atoms with Gasteiger partial charge in [0, 0.05) is 31.7 Å². The number of nitriles is 1. The van der Waals surface area contributed by atoms with Gasteiger partial charge in [-0.25, -0.2) is 13.2 Å². The molecular formula is C13H14F3N3O. The molecule has 2 rings (SSSR count). The number of aromatic hydroxyl groups is 1. The van der Waals surface area contributed by atoms with Crippen LogP contribution in [0, 0.1) is 17.1 Å². The first-order valence-electron chi connectivity index (χ1n) is 6.20. The van der Waals surface area contributed by atoms with Crippen LogP contribution in [0.5, 0.6) is 5.75 Å². The highest BCUT2D eigenvalue weighted by atomic mass is 19.3. The molecule has 0 amide bonds. The highest BCUT2D eigenvalue weighted by Gasteiger charge is 2.35. The van der Waals surface area contributed by atoms with Gasteiger partial charge in [-0.15, -0.1) is 0 Å². The topological polar surface area (TPSA) is 59.3 Å². The van der Waals surface area contributed by atoms with Crippen molar-refractivity contribution in [2.24, 2.45) is 0 Å². The van der Waals surface area contributed by atoms with Gasteiger partial charge in [-0.05, 0) is 12.1 Å². The van der Waals surface area contributed by atoms with Gasteiger partial charge in [0.2, 0.25) is 0 Å². The van der Waals surface area contributed by atoms with E-state index < -0.39 is 24.0 Å². The molecule has 0 aromatic heterocycles. The first-order valence-corrected chi connectivity index (χ1v) is 6.20. The van der Waals surface area contributed by atoms with Crippen LogP contribution in [0.15, 0.2) is 12.1 Å². The third-order valence-corrected chi connectivity index (χ3v) is 3.37. The van der Waals surface area contributed by atoms with Crippen molar-refractivity contribution < 1.29 is 18.3 Å². The monoisotopic (exact) mass is 285 g/mol. The summed E-state index contributed by atoms with van der Waals surface area (Å²) in [6, 6.07) is 2.27. The van der Waals surface area contributed by atoms with Crippen LogP contribution in [0.25, 0.3) is 0 Å². The van der Waals surface area contributed by atoms with E-state index in [4.69, 9.17) is 5.26 Å². The molecule has 1 aliphatic heterocycles. The Kier molecular flexibility index (Phi) is 4.47. The molecule has 1 heterocycles. The van der Waals surface area contributed by atoms with Gasteiger partial charge in [-0.2, -0.15) is 5.26 Å². The van der Waals surface area contributed by atoms with Crippen molar-refractivity contribution in [3.8, 4) is 11.8 Å². The Hall–Kier alpha value is -1.78. The van der Waals surface area contributed by atoms with E-state index in [1.165, 1.54) is 4.90 Å². The number of halogens is 3. The van der Waals surface area contributed by atoms with Gasteiger partial charge in [0.05, 0.1) is 11.6 Å². The molecule has 7 heteroatoms. The van der Waals surface area contributed by atoms with Crippen molar-refractivity contribution in [1.82, 2.24) is 10.2 Å². The molecule has 20 heavy (non-hydrogen) atoms. The minimum absolute atomic E-state index is 0.132. The number of phenolic OH excluding ortho intramolecular Hbond substituents is 1. The Labute approximate surface area is 114 Å². The molecule has 0 radical (unpaired) electrons. The number of benzene rings is 1. The molecule has 0 aliphatic carbocycles. The van der Waals surface area contributed by atoms with Crippen molar-refractivity contribution >= 4 is 0 Å². The van der Waals surface area contributed by atoms with Crippen molar-refractivity contribution in [1.29, 1.82) is 5.26 Å². The molecule has 0 bridgehead atoms. The molecular weight excluding hydrogens is 271 g/mol. The normalized spacial score (nSPS) is 17.9. The molecule has 4 nitrogen and oxygen atoms in total. The van der Waals surface area contributed by atoms with E-state index >= 15 is 0 Å². The van der Waals surface area contributed by atoms with Crippen LogP contribution in [0.3, 0.4) is 0 Å². The molecule has 0 spiro atoms. The summed E-state index contributed by atoms with van der Waals surface area (Å²) in [6.45, 7) is 1.74. The third-order valence-electron chi connectivity index (χ3n) is 3.37. The third kappa shape index (κ3) is 2.71. The van der Waals surface area contributed by atoms with Gasteiger partial charge in [-0.1, -0.05) is 0 Å². The molecule has 1 fully saturated rings. The SMILES string of the molecule is N#Cc1ccc(F)c(O)c1[C@@H](C(F)F)N1CCNCC1. The van der Waals surface area contributed by atoms with Gasteiger partial charge in [0.15, 0.2) is 11.6 Å². The Morgan fingerprint density at radius 3 is 2.50 bits per heavy atom. The quantitative estimate of drug-likeness (QED) is 0.886. The summed E-state index contributed by atoms with van der Waals surface area (Å²) >= 11 is 0. The summed E-state index contributed by atoms with van der Waals surface area (Å²) in [4.78, 5) is 1.45. The zero-order valence-corrected chi connectivity index (χ0v) is 10.6. The molecule has 0 saturated carbocycles. The lowest BCUT2D eigenvalue weighted by molar-refractivity contribution is 0.0166. The fourth-order valence-corrected chi connectivity index (χ4v) is 2.41. The maximum Gasteiger partial charge on any atom is 0.258 e. The number of nitrogens with zero attached hydrogens (tertiary/aromatic N) is 2. The minimum atomic E-state index is -2.83. The van der Waals surface area contributed by atoms with Crippen LogP contribution in [0.1, 0.15) is 17.2 Å². The predicted octanol–water partition coefficient (Wildman–Crippen LogP) is 1.61. The van der Waals surface area contributed by atoms with E-state index in [1.807, 2.05) is 0 Å². The van der Waals surface area contributed by atoms with Crippen LogP contribution in [-0.2, 0) is 0 Å². The lowest BCUT2D eigenvalue weighted by atomic mass is 9.97. The van der Waals surface area contributed by atoms with Gasteiger partial charge in [0.1, 0.15) is 6.04 Å². The van der Waals surface area contributed by atoms with Crippen LogP contribution in [0.4, 0.5) is 13.2 Å². The lowest BCUT2D eigenvalue weighted by Gasteiger charge is -2.35. The highest BCUT2D eigenvalue weighted by molar-refractivity contribution is 5.49. The lowest BCUT2D eigenvalue weighted by Crippen LogP contribution is -2.47. The zero-order valence-electron chi connectivity index (χ0n) is 10.6. The number of piperazine rings is 1. The number of phenols is 1. The summed E-state index contributed by atoms with van der Waals surface area (Å²) in [6.07, 6.45) is -2.83. The standard InChI is InChI=1S/C13H14F3N3O/c14-9-2-1-8(7-17)10(12(9)20)11(13(15)16)19-5-3-18-4-6-19/h1-2,11,13,18,20H,3-6H2/t11-/m0/s1. The molecule has 1 aliphatic rings. The Morgan fingerprint density at radius 2 is 1.95 bits per heavy atom. The maximum atomic E-state index is 13.5. The van der Waals surface area contributed by atoms with Crippen molar-refractivity contribution in [3.05, 3.63) is 29.1 Å². The second-order valence-corrected chi connectivity index (χ2v) is 4.53. The summed E-state index contributed by atoms with van der Waals surface area (Å²) < 4.78 is 40.2. The predicted molar refractivity (Wildman–Crippen MR) is 66.0 cm³/mol. The van der Waals surface area contributed by atoms with Crippen LogP contribution in [0.2, 0.25) is 0 Å². The van der Waals surface area contributed by atoms with Gasteiger partial charge >= 0.3 is 0 Å². The fourth-order valence-electron chi connectivity index (χ4n) is 2.41. The largest absolute Gasteiger partial charge is 0.505 e. The summed E-state index contributed by atoms with van der Waals surface area (Å²) in [5.41, 5.74) is -0.461. The molecule has 2 N–H and O–H groups in total. The maximum absolute atomic E-state index is 13.5. The Morgan fingerprint density at radius 1 is 1.30 bits per heavy atom. The van der Waals surface area contributed by atoms with Gasteiger partial charge < -0.3 is 10.4 Å². The van der Waals surface area contributed by atoms with Crippen LogP contribution < -0.4 is 5.32 Å². The number of hydrogen-bond acceptors (Lipinski definition) is 4. The fraction of sp³-hybridized carbons (Fsp3) is 0.462. The molecule has 1 aromatic rings. The van der Waals surface area contributed by atoms with E-state index in [0.717, 1.165) is 12.1 Å². The number of alkyl halides is 2. The number of hydrogen-bond donors (Lipinski definition) is 2. The first kappa shape index (κ1) is 14.6. The van der Waals surface area contributed by atoms with E-state index in [2.05, 4.69) is 5.32 Å². The number of nitrogens with one attached hydrogen (secondary N) is 1. The zero-order chi connectivity index (χ0) is 14.7. The van der Waals surface area contributed by atoms with Crippen LogP contribution >= 0.6 is 0 Å². The van der Waals surface area contributed by atoms with Crippen molar-refractivity contribution in [2.45, 2.75) is 12.5 Å². The van der Waals surface area contributed by atoms with Gasteiger partial charge in [0.25, 0.3) is 6.43 Å². The molecule has 1 aromatic carbocycles. The Bertz CT molecular complexity index is 524. The van der Waals surface area contributed by atoms with Crippen molar-refractivity contribution in [2.75, 3.05) is 26.2 Å². The van der Waals surface area contributed by atoms with Gasteiger partial charge in [-0.3, -0.25) is 4.90 Å². The summed E-state index contributed by atoms with van der Waals surface area (Å²) in [7, 11) is 0. The average molecular weight is 285 g/mol. The molecule has 1 atom stereocenters. The van der Waals surface area contributed by atoms with E-state index in [-0.39, 0.29) is 11.1 Å². The average Bonchev–Trinajstić information content (AvgIpc) is 2.45. The second-order valence-electron chi connectivity index (χ2n) is 4.53. The van der Waals surface area contributed by atoms with E-state index in [1.54, 1.807) is 6.07 Å². The smallest absolute Gasteiger partial charge is 0.258 e. The molecule has 108 valence electrons. The van der Waals surface area contributed by atoms with Crippen LogP contribution in [-0.4, -0.2) is 42.6 Å². The molecule has 1 saturated heterocycles.